The van der Waals surface area contributed by atoms with Crippen LogP contribution in [0.25, 0.3) is 0 Å². The van der Waals surface area contributed by atoms with Gasteiger partial charge < -0.3 is 14.4 Å². The normalized spacial score (nSPS) is 23.4. The first kappa shape index (κ1) is 21.2. The first-order valence-electron chi connectivity index (χ1n) is 9.08. The van der Waals surface area contributed by atoms with Gasteiger partial charge in [0, 0.05) is 21.0 Å². The van der Waals surface area contributed by atoms with E-state index in [0.29, 0.717) is 22.2 Å². The van der Waals surface area contributed by atoms with Crippen LogP contribution in [-0.2, 0) is 9.84 Å². The van der Waals surface area contributed by atoms with Gasteiger partial charge >= 0.3 is 0 Å². The van der Waals surface area contributed by atoms with Gasteiger partial charge in [-0.25, -0.2) is 8.42 Å². The minimum absolute atomic E-state index is 0.0424. The standard InChI is InChI=1S/C20H19BrN2O5S2/c1-27-16-7-6-12(8-17(16)28-2)19(24)22-20-23(14-5-3-4-13(21)9-14)15-10-30(25,26)11-18(15)29-20/h3-9,15,18H,10-11H2,1-2H3/t15-,18+/m1/s1. The second-order valence-electron chi connectivity index (χ2n) is 6.92. The highest BCUT2D eigenvalue weighted by atomic mass is 79.9. The van der Waals surface area contributed by atoms with Crippen LogP contribution in [0.5, 0.6) is 11.5 Å². The Labute approximate surface area is 187 Å². The van der Waals surface area contributed by atoms with Crippen LogP contribution in [0.4, 0.5) is 5.69 Å². The van der Waals surface area contributed by atoms with Crippen molar-refractivity contribution in [2.45, 2.75) is 11.3 Å². The van der Waals surface area contributed by atoms with Crippen molar-refractivity contribution >= 4 is 54.3 Å². The van der Waals surface area contributed by atoms with Crippen molar-refractivity contribution in [2.75, 3.05) is 30.6 Å². The lowest BCUT2D eigenvalue weighted by atomic mass is 10.2. The number of fused-ring (bicyclic) bond motifs is 1. The number of hydrogen-bond donors (Lipinski definition) is 0. The summed E-state index contributed by atoms with van der Waals surface area (Å²) in [5, 5.41) is 0.337. The van der Waals surface area contributed by atoms with Gasteiger partial charge in [0.05, 0.1) is 31.8 Å². The van der Waals surface area contributed by atoms with Crippen molar-refractivity contribution in [1.29, 1.82) is 0 Å². The molecule has 2 aromatic rings. The van der Waals surface area contributed by atoms with Gasteiger partial charge in [0.15, 0.2) is 26.5 Å². The van der Waals surface area contributed by atoms with E-state index in [1.165, 1.54) is 26.0 Å². The van der Waals surface area contributed by atoms with Gasteiger partial charge in [0.25, 0.3) is 5.91 Å². The van der Waals surface area contributed by atoms with E-state index in [1.54, 1.807) is 18.2 Å². The van der Waals surface area contributed by atoms with Crippen molar-refractivity contribution in [3.05, 3.63) is 52.5 Å². The number of anilines is 1. The maximum atomic E-state index is 12.9. The molecule has 0 N–H and O–H groups in total. The molecule has 4 rings (SSSR count). The van der Waals surface area contributed by atoms with E-state index in [0.717, 1.165) is 10.2 Å². The summed E-state index contributed by atoms with van der Waals surface area (Å²) in [6.45, 7) is 0. The molecule has 2 aliphatic rings. The largest absolute Gasteiger partial charge is 0.493 e. The third kappa shape index (κ3) is 4.08. The number of ether oxygens (including phenoxy) is 2. The Bertz CT molecular complexity index is 1140. The molecule has 0 unspecified atom stereocenters. The lowest BCUT2D eigenvalue weighted by Gasteiger charge is -2.24. The SMILES string of the molecule is COc1ccc(C(=O)N=C2S[C@H]3CS(=O)(=O)C[C@H]3N2c2cccc(Br)c2)cc1OC. The van der Waals surface area contributed by atoms with E-state index in [4.69, 9.17) is 9.47 Å². The molecule has 30 heavy (non-hydrogen) atoms. The number of rotatable bonds is 4. The lowest BCUT2D eigenvalue weighted by molar-refractivity contribution is 0.100. The predicted octanol–water partition coefficient (Wildman–Crippen LogP) is 3.38. The number of halogens is 1. The summed E-state index contributed by atoms with van der Waals surface area (Å²) >= 11 is 4.79. The van der Waals surface area contributed by atoms with E-state index in [9.17, 15) is 13.2 Å². The monoisotopic (exact) mass is 510 g/mol. The van der Waals surface area contributed by atoms with Crippen molar-refractivity contribution in [3.63, 3.8) is 0 Å². The highest BCUT2D eigenvalue weighted by Crippen LogP contribution is 2.41. The number of amides is 1. The fourth-order valence-corrected chi connectivity index (χ4v) is 7.91. The molecule has 0 aliphatic carbocycles. The predicted molar refractivity (Wildman–Crippen MR) is 122 cm³/mol. The number of thioether (sulfide) groups is 1. The molecule has 158 valence electrons. The minimum atomic E-state index is -3.12. The molecule has 7 nitrogen and oxygen atoms in total. The fraction of sp³-hybridized carbons (Fsp3) is 0.300. The number of amidine groups is 1. The Morgan fingerprint density at radius 3 is 2.60 bits per heavy atom. The molecule has 0 spiro atoms. The van der Waals surface area contributed by atoms with Crippen LogP contribution in [0.2, 0.25) is 0 Å². The number of methoxy groups -OCH3 is 2. The van der Waals surface area contributed by atoms with Gasteiger partial charge in [-0.15, -0.1) is 0 Å². The topological polar surface area (TPSA) is 85.3 Å². The van der Waals surface area contributed by atoms with Crippen LogP contribution in [0.3, 0.4) is 0 Å². The number of nitrogens with zero attached hydrogens (tertiary/aromatic N) is 2. The van der Waals surface area contributed by atoms with E-state index in [2.05, 4.69) is 20.9 Å². The summed E-state index contributed by atoms with van der Waals surface area (Å²) in [6.07, 6.45) is 0. The maximum absolute atomic E-state index is 12.9. The van der Waals surface area contributed by atoms with E-state index in [-0.39, 0.29) is 22.8 Å². The molecule has 1 amide bonds. The molecule has 0 aromatic heterocycles. The van der Waals surface area contributed by atoms with Crippen molar-refractivity contribution in [3.8, 4) is 11.5 Å². The van der Waals surface area contributed by atoms with Crippen LogP contribution in [0, 0.1) is 0 Å². The van der Waals surface area contributed by atoms with E-state index >= 15 is 0 Å². The van der Waals surface area contributed by atoms with Gasteiger partial charge in [-0.3, -0.25) is 4.79 Å². The number of sulfone groups is 1. The Morgan fingerprint density at radius 1 is 1.13 bits per heavy atom. The molecule has 0 bridgehead atoms. The summed E-state index contributed by atoms with van der Waals surface area (Å²) in [7, 11) is -0.0952. The van der Waals surface area contributed by atoms with Crippen LogP contribution < -0.4 is 14.4 Å². The molecular formula is C20H19BrN2O5S2. The van der Waals surface area contributed by atoms with Crippen molar-refractivity contribution in [2.24, 2.45) is 4.99 Å². The van der Waals surface area contributed by atoms with Gasteiger partial charge in [-0.05, 0) is 36.4 Å². The molecule has 2 aromatic carbocycles. The molecular weight excluding hydrogens is 492 g/mol. The van der Waals surface area contributed by atoms with Gasteiger partial charge in [0.2, 0.25) is 0 Å². The Morgan fingerprint density at radius 2 is 1.90 bits per heavy atom. The van der Waals surface area contributed by atoms with Gasteiger partial charge in [-0.1, -0.05) is 33.8 Å². The van der Waals surface area contributed by atoms with E-state index in [1.807, 2.05) is 29.2 Å². The maximum Gasteiger partial charge on any atom is 0.279 e. The fourth-order valence-electron chi connectivity index (χ4n) is 3.61. The number of benzene rings is 2. The average molecular weight is 511 g/mol. The smallest absolute Gasteiger partial charge is 0.279 e. The van der Waals surface area contributed by atoms with E-state index < -0.39 is 15.7 Å². The van der Waals surface area contributed by atoms with Crippen LogP contribution in [0.15, 0.2) is 51.9 Å². The molecule has 2 aliphatic heterocycles. The first-order chi connectivity index (χ1) is 14.3. The van der Waals surface area contributed by atoms with Gasteiger partial charge in [0.1, 0.15) is 0 Å². The van der Waals surface area contributed by atoms with Crippen molar-refractivity contribution in [1.82, 2.24) is 0 Å². The molecule has 2 saturated heterocycles. The molecule has 2 heterocycles. The quantitative estimate of drug-likeness (QED) is 0.622. The van der Waals surface area contributed by atoms with Crippen LogP contribution in [0.1, 0.15) is 10.4 Å². The Hall–Kier alpha value is -2.04. The number of aliphatic imine (C=N–C) groups is 1. The first-order valence-corrected chi connectivity index (χ1v) is 12.6. The minimum Gasteiger partial charge on any atom is -0.493 e. The summed E-state index contributed by atoms with van der Waals surface area (Å²) in [6, 6.07) is 12.1. The summed E-state index contributed by atoms with van der Waals surface area (Å²) in [4.78, 5) is 19.1. The molecule has 2 atom stereocenters. The highest BCUT2D eigenvalue weighted by Gasteiger charge is 2.49. The molecule has 0 radical (unpaired) electrons. The summed E-state index contributed by atoms with van der Waals surface area (Å²) < 4.78 is 35.7. The third-order valence-corrected chi connectivity index (χ3v) is 8.68. The lowest BCUT2D eigenvalue weighted by Crippen LogP contribution is -2.37. The van der Waals surface area contributed by atoms with Crippen molar-refractivity contribution < 1.29 is 22.7 Å². The second-order valence-corrected chi connectivity index (χ2v) is 11.2. The molecule has 2 fully saturated rings. The molecule has 0 saturated carbocycles. The van der Waals surface area contributed by atoms with Crippen LogP contribution in [-0.4, -0.2) is 56.5 Å². The zero-order valence-electron chi connectivity index (χ0n) is 16.2. The Balaban J connectivity index is 1.71. The average Bonchev–Trinajstić information content (AvgIpc) is 3.17. The number of carbonyl (C=O) groups is 1. The summed E-state index contributed by atoms with van der Waals surface area (Å²) in [5.74, 6) is 0.653. The third-order valence-electron chi connectivity index (χ3n) is 4.98. The number of carbonyl (C=O) groups excluding carboxylic acids is 1. The molecule has 10 heteroatoms. The second kappa shape index (κ2) is 8.24. The highest BCUT2D eigenvalue weighted by molar-refractivity contribution is 9.10. The van der Waals surface area contributed by atoms with Crippen LogP contribution >= 0.6 is 27.7 Å². The summed E-state index contributed by atoms with van der Waals surface area (Å²) in [5.41, 5.74) is 1.15. The number of hydrogen-bond acceptors (Lipinski definition) is 6. The zero-order chi connectivity index (χ0) is 21.5. The van der Waals surface area contributed by atoms with Gasteiger partial charge in [-0.2, -0.15) is 4.99 Å². The Kier molecular flexibility index (Phi) is 5.82. The zero-order valence-corrected chi connectivity index (χ0v) is 19.5.